The highest BCUT2D eigenvalue weighted by Gasteiger charge is 2.19. The molecule has 112 valence electrons. The summed E-state index contributed by atoms with van der Waals surface area (Å²) in [5.74, 6) is 2.58. The third kappa shape index (κ3) is 4.65. The van der Waals surface area contributed by atoms with E-state index in [0.29, 0.717) is 6.61 Å². The fourth-order valence-electron chi connectivity index (χ4n) is 2.33. The summed E-state index contributed by atoms with van der Waals surface area (Å²) in [4.78, 5) is 0. The van der Waals surface area contributed by atoms with Crippen LogP contribution in [0.25, 0.3) is 0 Å². The van der Waals surface area contributed by atoms with E-state index in [1.54, 1.807) is 12.1 Å². The average molecular weight is 299 g/mol. The molecule has 5 heteroatoms. The second-order valence-electron chi connectivity index (χ2n) is 4.87. The molecule has 1 atom stereocenters. The van der Waals surface area contributed by atoms with E-state index in [9.17, 15) is 4.39 Å². The lowest BCUT2D eigenvalue weighted by atomic mass is 10.0. The number of rotatable bonds is 7. The van der Waals surface area contributed by atoms with Crippen molar-refractivity contribution in [2.24, 2.45) is 0 Å². The lowest BCUT2D eigenvalue weighted by Gasteiger charge is -2.18. The van der Waals surface area contributed by atoms with Crippen molar-refractivity contribution in [2.75, 3.05) is 31.3 Å². The standard InChI is InChI=1S/C15H22FNO2S/c16-12-4-5-15-13(11-12)14(3-1-8-19-15)17-6-10-20-9-2-7-18/h4-5,11,14,17-18H,1-3,6-10H2. The van der Waals surface area contributed by atoms with E-state index < -0.39 is 0 Å². The Bertz CT molecular complexity index is 417. The minimum Gasteiger partial charge on any atom is -0.493 e. The van der Waals surface area contributed by atoms with Crippen LogP contribution in [0.1, 0.15) is 30.9 Å². The summed E-state index contributed by atoms with van der Waals surface area (Å²) < 4.78 is 19.1. The first-order valence-corrected chi connectivity index (χ1v) is 8.31. The zero-order chi connectivity index (χ0) is 14.2. The van der Waals surface area contributed by atoms with Gasteiger partial charge >= 0.3 is 0 Å². The molecule has 1 aromatic rings. The van der Waals surface area contributed by atoms with Gasteiger partial charge in [-0.05, 0) is 43.2 Å². The second kappa shape index (κ2) is 8.49. The van der Waals surface area contributed by atoms with Crippen molar-refractivity contribution in [1.82, 2.24) is 5.32 Å². The van der Waals surface area contributed by atoms with Crippen LogP contribution in [-0.4, -0.2) is 36.4 Å². The molecule has 0 fully saturated rings. The third-order valence-corrected chi connectivity index (χ3v) is 4.40. The van der Waals surface area contributed by atoms with E-state index in [0.717, 1.165) is 48.6 Å². The summed E-state index contributed by atoms with van der Waals surface area (Å²) in [6, 6.07) is 4.92. The van der Waals surface area contributed by atoms with Gasteiger partial charge in [0.2, 0.25) is 0 Å². The number of halogens is 1. The molecule has 0 saturated heterocycles. The molecule has 20 heavy (non-hydrogen) atoms. The van der Waals surface area contributed by atoms with Gasteiger partial charge in [-0.1, -0.05) is 0 Å². The fraction of sp³-hybridized carbons (Fsp3) is 0.600. The van der Waals surface area contributed by atoms with Gasteiger partial charge in [0.05, 0.1) is 6.61 Å². The van der Waals surface area contributed by atoms with Gasteiger partial charge in [0.25, 0.3) is 0 Å². The van der Waals surface area contributed by atoms with Crippen molar-refractivity contribution in [3.63, 3.8) is 0 Å². The largest absolute Gasteiger partial charge is 0.493 e. The number of hydrogen-bond acceptors (Lipinski definition) is 4. The van der Waals surface area contributed by atoms with Crippen molar-refractivity contribution in [3.8, 4) is 5.75 Å². The molecule has 0 bridgehead atoms. The van der Waals surface area contributed by atoms with E-state index in [1.165, 1.54) is 6.07 Å². The van der Waals surface area contributed by atoms with Crippen LogP contribution < -0.4 is 10.1 Å². The number of ether oxygens (including phenoxy) is 1. The average Bonchev–Trinajstić information content (AvgIpc) is 2.65. The second-order valence-corrected chi connectivity index (χ2v) is 6.09. The molecule has 0 aromatic heterocycles. The maximum atomic E-state index is 13.4. The molecule has 3 nitrogen and oxygen atoms in total. The third-order valence-electron chi connectivity index (χ3n) is 3.33. The normalized spacial score (nSPS) is 18.2. The van der Waals surface area contributed by atoms with Gasteiger partial charge in [0.15, 0.2) is 0 Å². The molecule has 0 radical (unpaired) electrons. The zero-order valence-electron chi connectivity index (χ0n) is 11.6. The molecule has 1 heterocycles. The van der Waals surface area contributed by atoms with Crippen molar-refractivity contribution in [2.45, 2.75) is 25.3 Å². The Morgan fingerprint density at radius 2 is 2.30 bits per heavy atom. The first-order chi connectivity index (χ1) is 9.81. The lowest BCUT2D eigenvalue weighted by Crippen LogP contribution is -2.23. The van der Waals surface area contributed by atoms with Crippen LogP contribution in [0, 0.1) is 5.82 Å². The minimum absolute atomic E-state index is 0.168. The number of benzene rings is 1. The Labute approximate surface area is 123 Å². The van der Waals surface area contributed by atoms with Gasteiger partial charge in [0.1, 0.15) is 11.6 Å². The summed E-state index contributed by atoms with van der Waals surface area (Å²) in [6.07, 6.45) is 2.79. The highest BCUT2D eigenvalue weighted by atomic mass is 32.2. The van der Waals surface area contributed by atoms with E-state index in [-0.39, 0.29) is 18.5 Å². The molecular weight excluding hydrogens is 277 g/mol. The SMILES string of the molecule is OCCCSCCNC1CCCOc2ccc(F)cc21. The van der Waals surface area contributed by atoms with E-state index in [4.69, 9.17) is 9.84 Å². The maximum Gasteiger partial charge on any atom is 0.124 e. The van der Waals surface area contributed by atoms with Crippen molar-refractivity contribution < 1.29 is 14.2 Å². The molecule has 1 aliphatic heterocycles. The monoisotopic (exact) mass is 299 g/mol. The minimum atomic E-state index is -0.210. The molecule has 0 saturated carbocycles. The quantitative estimate of drug-likeness (QED) is 0.760. The molecular formula is C15H22FNO2S. The predicted molar refractivity (Wildman–Crippen MR) is 80.9 cm³/mol. The topological polar surface area (TPSA) is 41.5 Å². The highest BCUT2D eigenvalue weighted by Crippen LogP contribution is 2.31. The predicted octanol–water partition coefficient (Wildman–Crippen LogP) is 2.74. The number of thioether (sulfide) groups is 1. The van der Waals surface area contributed by atoms with Gasteiger partial charge in [-0.25, -0.2) is 4.39 Å². The number of aliphatic hydroxyl groups excluding tert-OH is 1. The first kappa shape index (κ1) is 15.6. The van der Waals surface area contributed by atoms with Gasteiger partial charge in [-0.3, -0.25) is 0 Å². The van der Waals surface area contributed by atoms with Crippen LogP contribution in [0.2, 0.25) is 0 Å². The van der Waals surface area contributed by atoms with Gasteiger partial charge in [-0.2, -0.15) is 11.8 Å². The molecule has 2 rings (SSSR count). The molecule has 1 aromatic carbocycles. The fourth-order valence-corrected chi connectivity index (χ4v) is 3.13. The lowest BCUT2D eigenvalue weighted by molar-refractivity contribution is 0.296. The van der Waals surface area contributed by atoms with Crippen LogP contribution >= 0.6 is 11.8 Å². The Morgan fingerprint density at radius 1 is 1.40 bits per heavy atom. The number of nitrogens with one attached hydrogen (secondary N) is 1. The Morgan fingerprint density at radius 3 is 3.15 bits per heavy atom. The summed E-state index contributed by atoms with van der Waals surface area (Å²) in [5.41, 5.74) is 0.933. The first-order valence-electron chi connectivity index (χ1n) is 7.15. The van der Waals surface area contributed by atoms with Gasteiger partial charge < -0.3 is 15.2 Å². The van der Waals surface area contributed by atoms with Crippen molar-refractivity contribution >= 4 is 11.8 Å². The van der Waals surface area contributed by atoms with Crippen LogP contribution in [0.5, 0.6) is 5.75 Å². The van der Waals surface area contributed by atoms with Crippen LogP contribution in [0.4, 0.5) is 4.39 Å². The molecule has 0 spiro atoms. The van der Waals surface area contributed by atoms with E-state index in [1.807, 2.05) is 11.8 Å². The molecule has 1 unspecified atom stereocenters. The Kier molecular flexibility index (Phi) is 6.63. The van der Waals surface area contributed by atoms with Crippen LogP contribution in [0.15, 0.2) is 18.2 Å². The summed E-state index contributed by atoms with van der Waals surface area (Å²) in [5, 5.41) is 12.2. The summed E-state index contributed by atoms with van der Waals surface area (Å²) >= 11 is 1.83. The summed E-state index contributed by atoms with van der Waals surface area (Å²) in [6.45, 7) is 1.84. The zero-order valence-corrected chi connectivity index (χ0v) is 12.4. The molecule has 0 aliphatic carbocycles. The smallest absolute Gasteiger partial charge is 0.124 e. The maximum absolute atomic E-state index is 13.4. The Balaban J connectivity index is 1.86. The van der Waals surface area contributed by atoms with E-state index >= 15 is 0 Å². The van der Waals surface area contributed by atoms with Crippen LogP contribution in [-0.2, 0) is 0 Å². The Hall–Kier alpha value is -0.780. The molecule has 2 N–H and O–H groups in total. The van der Waals surface area contributed by atoms with Crippen molar-refractivity contribution in [1.29, 1.82) is 0 Å². The van der Waals surface area contributed by atoms with Gasteiger partial charge in [0, 0.05) is 30.5 Å². The number of fused-ring (bicyclic) bond motifs is 1. The highest BCUT2D eigenvalue weighted by molar-refractivity contribution is 7.99. The van der Waals surface area contributed by atoms with E-state index in [2.05, 4.69) is 5.32 Å². The van der Waals surface area contributed by atoms with Crippen LogP contribution in [0.3, 0.4) is 0 Å². The summed E-state index contributed by atoms with van der Waals surface area (Å²) in [7, 11) is 0. The molecule has 0 amide bonds. The van der Waals surface area contributed by atoms with Crippen molar-refractivity contribution in [3.05, 3.63) is 29.6 Å². The molecule has 1 aliphatic rings. The number of aliphatic hydroxyl groups is 1. The number of hydrogen-bond donors (Lipinski definition) is 2. The van der Waals surface area contributed by atoms with Gasteiger partial charge in [-0.15, -0.1) is 0 Å².